The van der Waals surface area contributed by atoms with Crippen LogP contribution in [0.15, 0.2) is 41.7 Å². The van der Waals surface area contributed by atoms with Crippen molar-refractivity contribution in [2.75, 3.05) is 46.9 Å². The van der Waals surface area contributed by atoms with Crippen molar-refractivity contribution in [2.45, 2.75) is 11.3 Å². The van der Waals surface area contributed by atoms with Crippen LogP contribution in [0.5, 0.6) is 11.5 Å². The Hall–Kier alpha value is -3.25. The summed E-state index contributed by atoms with van der Waals surface area (Å²) >= 11 is 0. The van der Waals surface area contributed by atoms with Crippen LogP contribution in [0, 0.1) is 0 Å². The zero-order valence-electron chi connectivity index (χ0n) is 17.9. The smallest absolute Gasteiger partial charge is 0.274 e. The lowest BCUT2D eigenvalue weighted by Gasteiger charge is -2.34. The normalized spacial score (nSPS) is 14.2. The minimum absolute atomic E-state index is 0.00459. The molecule has 3 rings (SSSR count). The molecular formula is C20H25N5O6S. The highest BCUT2D eigenvalue weighted by Crippen LogP contribution is 2.29. The standard InChI is InChI=1S/C20H25N5O6S/c1-30-17-4-3-15(13-18(17)31-2)32(28,29)23-6-5-19(26)24-9-11-25(12-10-24)20(27)16-14-21-7-8-22-16/h3-4,7-8,13-14,23H,5-6,9-12H2,1-2H3. The van der Waals surface area contributed by atoms with Crippen molar-refractivity contribution in [3.63, 3.8) is 0 Å². The summed E-state index contributed by atoms with van der Waals surface area (Å²) in [5.74, 6) is 0.290. The quantitative estimate of drug-likeness (QED) is 0.585. The molecule has 0 saturated carbocycles. The molecule has 0 radical (unpaired) electrons. The summed E-state index contributed by atoms with van der Waals surface area (Å²) in [5, 5.41) is 0. The summed E-state index contributed by atoms with van der Waals surface area (Å²) in [7, 11) is -0.940. The largest absolute Gasteiger partial charge is 0.493 e. The lowest BCUT2D eigenvalue weighted by atomic mass is 10.2. The van der Waals surface area contributed by atoms with Crippen LogP contribution in [0.1, 0.15) is 16.9 Å². The number of carbonyl (C=O) groups is 2. The fraction of sp³-hybridized carbons (Fsp3) is 0.400. The Bertz CT molecular complexity index is 1060. The molecule has 1 saturated heterocycles. The summed E-state index contributed by atoms with van der Waals surface area (Å²) in [4.78, 5) is 36.0. The fourth-order valence-corrected chi connectivity index (χ4v) is 4.29. The van der Waals surface area contributed by atoms with Crippen molar-refractivity contribution in [3.8, 4) is 11.5 Å². The van der Waals surface area contributed by atoms with Crippen molar-refractivity contribution in [2.24, 2.45) is 0 Å². The number of methoxy groups -OCH3 is 2. The first-order valence-corrected chi connectivity index (χ1v) is 11.4. The van der Waals surface area contributed by atoms with Crippen LogP contribution < -0.4 is 14.2 Å². The van der Waals surface area contributed by atoms with Crippen LogP contribution in [-0.2, 0) is 14.8 Å². The number of nitrogens with zero attached hydrogens (tertiary/aromatic N) is 4. The molecule has 0 aliphatic carbocycles. The maximum Gasteiger partial charge on any atom is 0.274 e. The van der Waals surface area contributed by atoms with Gasteiger partial charge in [0.2, 0.25) is 15.9 Å². The molecule has 1 fully saturated rings. The number of carbonyl (C=O) groups excluding carboxylic acids is 2. The molecule has 172 valence electrons. The summed E-state index contributed by atoms with van der Waals surface area (Å²) in [5.41, 5.74) is 0.261. The predicted molar refractivity (Wildman–Crippen MR) is 114 cm³/mol. The van der Waals surface area contributed by atoms with Crippen LogP contribution in [0.4, 0.5) is 0 Å². The maximum absolute atomic E-state index is 12.5. The molecule has 0 atom stereocenters. The van der Waals surface area contributed by atoms with E-state index in [1.807, 2.05) is 0 Å². The Morgan fingerprint density at radius 2 is 1.72 bits per heavy atom. The second-order valence-electron chi connectivity index (χ2n) is 6.93. The van der Waals surface area contributed by atoms with Gasteiger partial charge in [-0.1, -0.05) is 0 Å². The number of piperazine rings is 1. The number of hydrogen-bond donors (Lipinski definition) is 1. The molecule has 11 nitrogen and oxygen atoms in total. The first-order chi connectivity index (χ1) is 15.4. The minimum Gasteiger partial charge on any atom is -0.493 e. The summed E-state index contributed by atoms with van der Waals surface area (Å²) in [6, 6.07) is 4.26. The highest BCUT2D eigenvalue weighted by molar-refractivity contribution is 7.89. The zero-order valence-corrected chi connectivity index (χ0v) is 18.7. The number of benzene rings is 1. The molecule has 2 heterocycles. The zero-order chi connectivity index (χ0) is 23.1. The molecule has 0 unspecified atom stereocenters. The summed E-state index contributed by atoms with van der Waals surface area (Å²) in [6.07, 6.45) is 4.36. The van der Waals surface area contributed by atoms with Gasteiger partial charge >= 0.3 is 0 Å². The molecule has 32 heavy (non-hydrogen) atoms. The number of hydrogen-bond acceptors (Lipinski definition) is 8. The molecule has 0 spiro atoms. The Labute approximate surface area is 186 Å². The van der Waals surface area contributed by atoms with E-state index < -0.39 is 10.0 Å². The van der Waals surface area contributed by atoms with Crippen LogP contribution in [0.3, 0.4) is 0 Å². The van der Waals surface area contributed by atoms with Crippen molar-refractivity contribution >= 4 is 21.8 Å². The van der Waals surface area contributed by atoms with E-state index in [0.717, 1.165) is 0 Å². The minimum atomic E-state index is -3.82. The van der Waals surface area contributed by atoms with Crippen molar-refractivity contribution in [1.29, 1.82) is 0 Å². The second-order valence-corrected chi connectivity index (χ2v) is 8.70. The van der Waals surface area contributed by atoms with Crippen molar-refractivity contribution < 1.29 is 27.5 Å². The molecule has 1 N–H and O–H groups in total. The van der Waals surface area contributed by atoms with Gasteiger partial charge in [-0.05, 0) is 12.1 Å². The third-order valence-corrected chi connectivity index (χ3v) is 6.46. The summed E-state index contributed by atoms with van der Waals surface area (Å²) in [6.45, 7) is 1.44. The lowest BCUT2D eigenvalue weighted by Crippen LogP contribution is -2.51. The van der Waals surface area contributed by atoms with Crippen LogP contribution in [0.25, 0.3) is 0 Å². The third-order valence-electron chi connectivity index (χ3n) is 5.00. The highest BCUT2D eigenvalue weighted by atomic mass is 32.2. The van der Waals surface area contributed by atoms with Crippen molar-refractivity contribution in [1.82, 2.24) is 24.5 Å². The molecule has 12 heteroatoms. The Morgan fingerprint density at radius 3 is 2.34 bits per heavy atom. The SMILES string of the molecule is COc1ccc(S(=O)(=O)NCCC(=O)N2CCN(C(=O)c3cnccn3)CC2)cc1OC. The van der Waals surface area contributed by atoms with E-state index in [1.165, 1.54) is 51.0 Å². The van der Waals surface area contributed by atoms with E-state index >= 15 is 0 Å². The number of ether oxygens (including phenoxy) is 2. The summed E-state index contributed by atoms with van der Waals surface area (Å²) < 4.78 is 37.7. The van der Waals surface area contributed by atoms with Crippen molar-refractivity contribution in [3.05, 3.63) is 42.5 Å². The number of aromatic nitrogens is 2. The van der Waals surface area contributed by atoms with Gasteiger partial charge in [-0.25, -0.2) is 18.1 Å². The maximum atomic E-state index is 12.5. The predicted octanol–water partition coefficient (Wildman–Crippen LogP) is 0.147. The molecule has 1 aromatic carbocycles. The molecule has 2 amide bonds. The average Bonchev–Trinajstić information content (AvgIpc) is 2.83. The Balaban J connectivity index is 1.48. The van der Waals surface area contributed by atoms with Gasteiger partial charge in [-0.15, -0.1) is 0 Å². The van der Waals surface area contributed by atoms with Gasteiger partial charge in [-0.3, -0.25) is 14.6 Å². The molecular weight excluding hydrogens is 438 g/mol. The molecule has 1 aliphatic heterocycles. The monoisotopic (exact) mass is 463 g/mol. The van der Waals surface area contributed by atoms with Crippen LogP contribution >= 0.6 is 0 Å². The van der Waals surface area contributed by atoms with E-state index in [0.29, 0.717) is 37.7 Å². The number of sulfonamides is 1. The molecule has 1 aromatic heterocycles. The fourth-order valence-electron chi connectivity index (χ4n) is 3.25. The Morgan fingerprint density at radius 1 is 1.03 bits per heavy atom. The topological polar surface area (TPSA) is 131 Å². The average molecular weight is 464 g/mol. The van der Waals surface area contributed by atoms with Gasteiger partial charge in [0.25, 0.3) is 5.91 Å². The van der Waals surface area contributed by atoms with E-state index in [-0.39, 0.29) is 35.4 Å². The van der Waals surface area contributed by atoms with Gasteiger partial charge in [0.05, 0.1) is 25.3 Å². The first kappa shape index (κ1) is 23.4. The number of amides is 2. The van der Waals surface area contributed by atoms with E-state index in [1.54, 1.807) is 9.80 Å². The molecule has 0 bridgehead atoms. The Kier molecular flexibility index (Phi) is 7.59. The highest BCUT2D eigenvalue weighted by Gasteiger charge is 2.26. The van der Waals surface area contributed by atoms with Gasteiger partial charge in [0.15, 0.2) is 11.5 Å². The van der Waals surface area contributed by atoms with Crippen LogP contribution in [0.2, 0.25) is 0 Å². The lowest BCUT2D eigenvalue weighted by molar-refractivity contribution is -0.132. The van der Waals surface area contributed by atoms with E-state index in [9.17, 15) is 18.0 Å². The first-order valence-electron chi connectivity index (χ1n) is 9.90. The van der Waals surface area contributed by atoms with E-state index in [2.05, 4.69) is 14.7 Å². The van der Waals surface area contributed by atoms with Gasteiger partial charge in [-0.2, -0.15) is 0 Å². The number of nitrogens with one attached hydrogen (secondary N) is 1. The third kappa shape index (κ3) is 5.51. The molecule has 1 aliphatic rings. The number of rotatable bonds is 8. The molecule has 2 aromatic rings. The van der Waals surface area contributed by atoms with Gasteiger partial charge in [0, 0.05) is 57.6 Å². The van der Waals surface area contributed by atoms with Gasteiger partial charge in [0.1, 0.15) is 5.69 Å². The van der Waals surface area contributed by atoms with E-state index in [4.69, 9.17) is 9.47 Å². The van der Waals surface area contributed by atoms with Gasteiger partial charge < -0.3 is 19.3 Å². The van der Waals surface area contributed by atoms with Crippen LogP contribution in [-0.4, -0.2) is 86.9 Å². The second kappa shape index (κ2) is 10.4.